The number of nitrogens with zero attached hydrogens (tertiary/aromatic N) is 1. The van der Waals surface area contributed by atoms with Crippen LogP contribution in [0.3, 0.4) is 0 Å². The molecule has 0 aromatic carbocycles. The summed E-state index contributed by atoms with van der Waals surface area (Å²) < 4.78 is 0. The summed E-state index contributed by atoms with van der Waals surface area (Å²) in [5.74, 6) is -1.21. The molecule has 2 aromatic heterocycles. The van der Waals surface area contributed by atoms with E-state index >= 15 is 0 Å². The van der Waals surface area contributed by atoms with Crippen molar-refractivity contribution in [3.63, 3.8) is 0 Å². The number of carbonyl (C=O) groups excluding carboxylic acids is 2. The van der Waals surface area contributed by atoms with Gasteiger partial charge in [0.2, 0.25) is 11.7 Å². The second-order valence-corrected chi connectivity index (χ2v) is 4.62. The number of pyridine rings is 1. The summed E-state index contributed by atoms with van der Waals surface area (Å²) >= 11 is 1.12. The lowest BCUT2D eigenvalue weighted by Crippen LogP contribution is -2.31. The summed E-state index contributed by atoms with van der Waals surface area (Å²) in [6.45, 7) is 0. The van der Waals surface area contributed by atoms with E-state index in [2.05, 4.69) is 15.3 Å². The number of thiazole rings is 1. The van der Waals surface area contributed by atoms with Crippen LogP contribution in [0, 0.1) is 0 Å². The first-order valence-electron chi connectivity index (χ1n) is 5.32. The van der Waals surface area contributed by atoms with Crippen LogP contribution in [0.1, 0.15) is 22.2 Å². The topological polar surface area (TPSA) is 138 Å². The quantitative estimate of drug-likeness (QED) is 0.610. The number of hydrogen-bond acceptors (Lipinski definition) is 7. The standard InChI is InChI=1S/C11H9N4O4S/c12-11-15-7(4-20-11)6(3-16)14-10(19)5-1-8(17)9(18)2-13-5/h1-2,4,6,18H,(H2,12,15)(H,13,17)(H,14,19). The van der Waals surface area contributed by atoms with Gasteiger partial charge in [0.25, 0.3) is 5.91 Å². The number of amides is 1. The molecule has 2 heterocycles. The molecule has 0 aliphatic heterocycles. The molecular formula is C11H9N4O4S. The van der Waals surface area contributed by atoms with Crippen LogP contribution in [0.2, 0.25) is 0 Å². The third-order valence-corrected chi connectivity index (χ3v) is 3.06. The first kappa shape index (κ1) is 13.7. The molecule has 0 fully saturated rings. The molecule has 0 saturated heterocycles. The molecule has 1 atom stereocenters. The Morgan fingerprint density at radius 2 is 2.35 bits per heavy atom. The van der Waals surface area contributed by atoms with Crippen LogP contribution in [0.25, 0.3) is 0 Å². The highest BCUT2D eigenvalue weighted by Crippen LogP contribution is 2.17. The van der Waals surface area contributed by atoms with E-state index in [1.807, 2.05) is 0 Å². The van der Waals surface area contributed by atoms with Crippen molar-refractivity contribution in [2.75, 3.05) is 5.73 Å². The number of aromatic amines is 1. The van der Waals surface area contributed by atoms with Crippen molar-refractivity contribution >= 4 is 28.7 Å². The van der Waals surface area contributed by atoms with Crippen molar-refractivity contribution in [2.45, 2.75) is 6.04 Å². The maximum Gasteiger partial charge on any atom is 0.268 e. The second kappa shape index (κ2) is 5.53. The normalized spacial score (nSPS) is 11.8. The number of hydrogen-bond donors (Lipinski definition) is 4. The van der Waals surface area contributed by atoms with Gasteiger partial charge in [0.05, 0.1) is 5.69 Å². The van der Waals surface area contributed by atoms with E-state index in [1.54, 1.807) is 6.29 Å². The number of nitrogens with one attached hydrogen (secondary N) is 2. The van der Waals surface area contributed by atoms with E-state index in [4.69, 9.17) is 10.8 Å². The van der Waals surface area contributed by atoms with Crippen molar-refractivity contribution in [2.24, 2.45) is 0 Å². The van der Waals surface area contributed by atoms with Gasteiger partial charge >= 0.3 is 0 Å². The molecule has 0 aliphatic rings. The number of aromatic hydroxyl groups is 1. The van der Waals surface area contributed by atoms with Gasteiger partial charge in [-0.1, -0.05) is 0 Å². The van der Waals surface area contributed by atoms with Crippen LogP contribution < -0.4 is 16.5 Å². The van der Waals surface area contributed by atoms with Gasteiger partial charge in [-0.05, 0) is 0 Å². The molecular weight excluding hydrogens is 284 g/mol. The zero-order chi connectivity index (χ0) is 14.7. The third kappa shape index (κ3) is 2.83. The Morgan fingerprint density at radius 1 is 1.60 bits per heavy atom. The largest absolute Gasteiger partial charge is 0.503 e. The number of nitrogens with two attached hydrogens (primary N) is 1. The predicted octanol–water partition coefficient (Wildman–Crippen LogP) is -0.300. The summed E-state index contributed by atoms with van der Waals surface area (Å²) in [6, 6.07) is -0.171. The lowest BCUT2D eigenvalue weighted by atomic mass is 10.2. The molecule has 8 nitrogen and oxygen atoms in total. The maximum absolute atomic E-state index is 11.9. The minimum absolute atomic E-state index is 0.101. The van der Waals surface area contributed by atoms with Gasteiger partial charge in [0.15, 0.2) is 10.9 Å². The number of carbonyl (C=O) groups is 1. The number of rotatable bonds is 4. The fourth-order valence-corrected chi connectivity index (χ4v) is 1.99. The molecule has 0 aliphatic carbocycles. The fraction of sp³-hybridized carbons (Fsp3) is 0.0909. The van der Waals surface area contributed by atoms with Gasteiger partial charge < -0.3 is 21.1 Å². The van der Waals surface area contributed by atoms with E-state index in [0.29, 0.717) is 0 Å². The van der Waals surface area contributed by atoms with E-state index in [-0.39, 0.29) is 16.5 Å². The lowest BCUT2D eigenvalue weighted by Gasteiger charge is -2.09. The zero-order valence-corrected chi connectivity index (χ0v) is 10.7. The highest BCUT2D eigenvalue weighted by Gasteiger charge is 2.19. The number of H-pyrrole nitrogens is 1. The summed E-state index contributed by atoms with van der Waals surface area (Å²) in [5.41, 5.74) is 4.89. The SMILES string of the molecule is Nc1nc(C([C]=O)NC(=O)c2cc(=O)c(O)c[nH]2)cs1. The van der Waals surface area contributed by atoms with E-state index in [9.17, 15) is 14.4 Å². The summed E-state index contributed by atoms with van der Waals surface area (Å²) in [7, 11) is 0. The van der Waals surface area contributed by atoms with Gasteiger partial charge in [-0.3, -0.25) is 14.4 Å². The van der Waals surface area contributed by atoms with E-state index in [0.717, 1.165) is 23.6 Å². The van der Waals surface area contributed by atoms with Gasteiger partial charge in [-0.15, -0.1) is 11.3 Å². The zero-order valence-electron chi connectivity index (χ0n) is 9.91. The van der Waals surface area contributed by atoms with Crippen LogP contribution in [0.4, 0.5) is 5.13 Å². The van der Waals surface area contributed by atoms with Crippen molar-refractivity contribution in [3.8, 4) is 5.75 Å². The Kier molecular flexibility index (Phi) is 3.80. The summed E-state index contributed by atoms with van der Waals surface area (Å²) in [4.78, 5) is 40.2. The van der Waals surface area contributed by atoms with Crippen LogP contribution in [0.5, 0.6) is 5.75 Å². The second-order valence-electron chi connectivity index (χ2n) is 3.73. The first-order chi connectivity index (χ1) is 9.51. The number of aromatic nitrogens is 2. The molecule has 0 saturated carbocycles. The molecule has 9 heteroatoms. The Bertz CT molecular complexity index is 708. The van der Waals surface area contributed by atoms with Gasteiger partial charge in [-0.25, -0.2) is 4.98 Å². The van der Waals surface area contributed by atoms with Crippen molar-refractivity contribution in [1.82, 2.24) is 15.3 Å². The van der Waals surface area contributed by atoms with Crippen molar-refractivity contribution in [3.05, 3.63) is 39.3 Å². The van der Waals surface area contributed by atoms with Crippen LogP contribution in [-0.4, -0.2) is 27.3 Å². The Labute approximate surface area is 116 Å². The molecule has 2 rings (SSSR count). The fourth-order valence-electron chi connectivity index (χ4n) is 1.40. The van der Waals surface area contributed by atoms with Crippen LogP contribution in [0.15, 0.2) is 22.4 Å². The maximum atomic E-state index is 11.9. The predicted molar refractivity (Wildman–Crippen MR) is 71.2 cm³/mol. The van der Waals surface area contributed by atoms with Gasteiger partial charge in [-0.2, -0.15) is 0 Å². The molecule has 20 heavy (non-hydrogen) atoms. The minimum Gasteiger partial charge on any atom is -0.503 e. The van der Waals surface area contributed by atoms with Crippen LogP contribution >= 0.6 is 11.3 Å². The molecule has 1 radical (unpaired) electrons. The summed E-state index contributed by atoms with van der Waals surface area (Å²) in [6.07, 6.45) is 2.61. The van der Waals surface area contributed by atoms with Crippen molar-refractivity contribution < 1.29 is 14.7 Å². The smallest absolute Gasteiger partial charge is 0.268 e. The average Bonchev–Trinajstić information content (AvgIpc) is 2.85. The third-order valence-electron chi connectivity index (χ3n) is 2.37. The molecule has 1 unspecified atom stereocenters. The summed E-state index contributed by atoms with van der Waals surface area (Å²) in [5, 5.41) is 13.2. The average molecular weight is 293 g/mol. The van der Waals surface area contributed by atoms with E-state index in [1.165, 1.54) is 5.38 Å². The highest BCUT2D eigenvalue weighted by molar-refractivity contribution is 7.13. The molecule has 5 N–H and O–H groups in total. The van der Waals surface area contributed by atoms with Gasteiger partial charge in [0, 0.05) is 17.6 Å². The molecule has 0 bridgehead atoms. The van der Waals surface area contributed by atoms with E-state index < -0.39 is 23.1 Å². The first-order valence-corrected chi connectivity index (χ1v) is 6.20. The molecule has 1 amide bonds. The molecule has 103 valence electrons. The monoisotopic (exact) mass is 293 g/mol. The Balaban J connectivity index is 2.19. The molecule has 2 aromatic rings. The minimum atomic E-state index is -1.09. The van der Waals surface area contributed by atoms with Gasteiger partial charge in [0.1, 0.15) is 11.7 Å². The van der Waals surface area contributed by atoms with Crippen LogP contribution in [-0.2, 0) is 4.79 Å². The number of anilines is 1. The lowest BCUT2D eigenvalue weighted by molar-refractivity contribution is 0.0940. The highest BCUT2D eigenvalue weighted by atomic mass is 32.1. The Hall–Kier alpha value is -2.68. The van der Waals surface area contributed by atoms with Crippen molar-refractivity contribution in [1.29, 1.82) is 0 Å². The number of nitrogen functional groups attached to an aromatic ring is 1. The molecule has 0 spiro atoms. The Morgan fingerprint density at radius 3 is 2.90 bits per heavy atom.